The van der Waals surface area contributed by atoms with E-state index >= 15 is 0 Å². The summed E-state index contributed by atoms with van der Waals surface area (Å²) in [5.74, 6) is 1.01. The summed E-state index contributed by atoms with van der Waals surface area (Å²) in [6.45, 7) is 4.56. The predicted molar refractivity (Wildman–Crippen MR) is 144 cm³/mol. The van der Waals surface area contributed by atoms with Crippen LogP contribution in [0.4, 0.5) is 5.69 Å². The summed E-state index contributed by atoms with van der Waals surface area (Å²) in [5.41, 5.74) is 2.99. The first-order valence-corrected chi connectivity index (χ1v) is 12.3. The van der Waals surface area contributed by atoms with Crippen molar-refractivity contribution in [2.45, 2.75) is 20.5 Å². The molecule has 0 fully saturated rings. The van der Waals surface area contributed by atoms with Gasteiger partial charge in [0, 0.05) is 4.47 Å². The average molecular weight is 600 g/mol. The monoisotopic (exact) mass is 598 g/mol. The maximum Gasteiger partial charge on any atom is 0.266 e. The molecule has 8 heteroatoms. The van der Waals surface area contributed by atoms with E-state index in [2.05, 4.69) is 37.2 Å². The molecule has 35 heavy (non-hydrogen) atoms. The second-order valence-corrected chi connectivity index (χ2v) is 9.28. The second-order valence-electron chi connectivity index (χ2n) is 7.51. The maximum absolute atomic E-state index is 12.8. The van der Waals surface area contributed by atoms with Crippen molar-refractivity contribution < 1.29 is 19.0 Å². The van der Waals surface area contributed by atoms with Gasteiger partial charge in [0.2, 0.25) is 0 Å². The van der Waals surface area contributed by atoms with Gasteiger partial charge in [-0.15, -0.1) is 0 Å². The molecule has 0 aliphatic heterocycles. The number of rotatable bonds is 9. The number of carbonyl (C=O) groups excluding carboxylic acids is 1. The van der Waals surface area contributed by atoms with E-state index in [0.717, 1.165) is 15.6 Å². The van der Waals surface area contributed by atoms with Crippen LogP contribution in [0.2, 0.25) is 0 Å². The molecule has 180 valence electrons. The minimum atomic E-state index is -0.541. The fourth-order valence-electron chi connectivity index (χ4n) is 3.23. The van der Waals surface area contributed by atoms with E-state index in [1.54, 1.807) is 24.3 Å². The van der Waals surface area contributed by atoms with Gasteiger partial charge in [0.05, 0.1) is 23.9 Å². The number of anilines is 1. The van der Waals surface area contributed by atoms with Crippen LogP contribution in [0.3, 0.4) is 0 Å². The van der Waals surface area contributed by atoms with Crippen molar-refractivity contribution in [2.24, 2.45) is 0 Å². The van der Waals surface area contributed by atoms with Gasteiger partial charge >= 0.3 is 0 Å². The van der Waals surface area contributed by atoms with Crippen molar-refractivity contribution in [2.75, 3.05) is 19.0 Å². The fraction of sp³-hybridized carbons (Fsp3) is 0.185. The Bertz CT molecular complexity index is 1280. The Kier molecular flexibility index (Phi) is 9.35. The first-order valence-electron chi connectivity index (χ1n) is 10.8. The Balaban J connectivity index is 1.86. The van der Waals surface area contributed by atoms with Gasteiger partial charge in [0.25, 0.3) is 5.91 Å². The molecular weight excluding hydrogens is 576 g/mol. The number of aryl methyl sites for hydroxylation is 1. The summed E-state index contributed by atoms with van der Waals surface area (Å²) < 4.78 is 18.8. The van der Waals surface area contributed by atoms with Gasteiger partial charge < -0.3 is 19.5 Å². The zero-order chi connectivity index (χ0) is 25.4. The number of nitrogens with zero attached hydrogens (tertiary/aromatic N) is 1. The lowest BCUT2D eigenvalue weighted by Gasteiger charge is -2.15. The predicted octanol–water partition coefficient (Wildman–Crippen LogP) is 7.05. The molecule has 0 unspecified atom stereocenters. The smallest absolute Gasteiger partial charge is 0.266 e. The largest absolute Gasteiger partial charge is 0.495 e. The van der Waals surface area contributed by atoms with Crippen molar-refractivity contribution in [1.29, 1.82) is 5.26 Å². The van der Waals surface area contributed by atoms with Gasteiger partial charge in [-0.25, -0.2) is 0 Å². The average Bonchev–Trinajstić information content (AvgIpc) is 2.83. The van der Waals surface area contributed by atoms with Gasteiger partial charge in [-0.2, -0.15) is 5.26 Å². The van der Waals surface area contributed by atoms with Gasteiger partial charge in [-0.1, -0.05) is 34.1 Å². The lowest BCUT2D eigenvalue weighted by molar-refractivity contribution is -0.112. The Morgan fingerprint density at radius 1 is 1.06 bits per heavy atom. The number of halogens is 2. The van der Waals surface area contributed by atoms with Crippen LogP contribution in [-0.2, 0) is 11.4 Å². The van der Waals surface area contributed by atoms with Crippen molar-refractivity contribution in [3.05, 3.63) is 85.8 Å². The van der Waals surface area contributed by atoms with Crippen molar-refractivity contribution >= 4 is 49.5 Å². The van der Waals surface area contributed by atoms with Crippen LogP contribution < -0.4 is 19.5 Å². The SMILES string of the molecule is CCOc1cc(/C=C(\C#N)C(=O)Nc2cc(C)ccc2OC)cc(Br)c1OCc1ccc(Br)cc1. The Labute approximate surface area is 221 Å². The lowest BCUT2D eigenvalue weighted by Crippen LogP contribution is -2.14. The molecule has 0 aliphatic carbocycles. The number of nitriles is 1. The van der Waals surface area contributed by atoms with Crippen LogP contribution in [0.5, 0.6) is 17.2 Å². The third-order valence-electron chi connectivity index (χ3n) is 4.91. The summed E-state index contributed by atoms with van der Waals surface area (Å²) in [5, 5.41) is 12.4. The molecule has 3 aromatic rings. The topological polar surface area (TPSA) is 80.6 Å². The van der Waals surface area contributed by atoms with Crippen molar-refractivity contribution in [3.63, 3.8) is 0 Å². The summed E-state index contributed by atoms with van der Waals surface area (Å²) in [7, 11) is 1.52. The molecule has 0 heterocycles. The molecule has 6 nitrogen and oxygen atoms in total. The van der Waals surface area contributed by atoms with Crippen LogP contribution in [0.25, 0.3) is 6.08 Å². The Hall–Kier alpha value is -3.28. The van der Waals surface area contributed by atoms with E-state index in [-0.39, 0.29) is 5.57 Å². The molecule has 3 rings (SSSR count). The first-order chi connectivity index (χ1) is 16.8. The van der Waals surface area contributed by atoms with Crippen molar-refractivity contribution in [3.8, 4) is 23.3 Å². The van der Waals surface area contributed by atoms with Crippen LogP contribution in [0, 0.1) is 18.3 Å². The summed E-state index contributed by atoms with van der Waals surface area (Å²) >= 11 is 6.97. The van der Waals surface area contributed by atoms with Gasteiger partial charge in [0.15, 0.2) is 11.5 Å². The highest BCUT2D eigenvalue weighted by molar-refractivity contribution is 9.10. The summed E-state index contributed by atoms with van der Waals surface area (Å²) in [6.07, 6.45) is 1.50. The normalized spacial score (nSPS) is 10.9. The number of carbonyl (C=O) groups is 1. The third-order valence-corrected chi connectivity index (χ3v) is 6.03. The zero-order valence-electron chi connectivity index (χ0n) is 19.5. The third kappa shape index (κ3) is 7.10. The minimum absolute atomic E-state index is 0.0635. The number of ether oxygens (including phenoxy) is 3. The molecule has 1 N–H and O–H groups in total. The molecule has 0 aromatic heterocycles. The van der Waals surface area contributed by atoms with E-state index in [1.807, 2.05) is 50.2 Å². The number of amides is 1. The molecule has 1 amide bonds. The highest BCUT2D eigenvalue weighted by Crippen LogP contribution is 2.38. The summed E-state index contributed by atoms with van der Waals surface area (Å²) in [6, 6.07) is 18.8. The molecule has 0 saturated heterocycles. The van der Waals surface area contributed by atoms with Crippen molar-refractivity contribution in [1.82, 2.24) is 0 Å². The maximum atomic E-state index is 12.8. The van der Waals surface area contributed by atoms with Gasteiger partial charge in [0.1, 0.15) is 24.0 Å². The molecule has 0 atom stereocenters. The van der Waals surface area contributed by atoms with E-state index in [1.165, 1.54) is 13.2 Å². The van der Waals surface area contributed by atoms with E-state index in [4.69, 9.17) is 14.2 Å². The zero-order valence-corrected chi connectivity index (χ0v) is 22.7. The Morgan fingerprint density at radius 3 is 2.46 bits per heavy atom. The number of hydrogen-bond donors (Lipinski definition) is 1. The van der Waals surface area contributed by atoms with Gasteiger partial charge in [-0.3, -0.25) is 4.79 Å². The lowest BCUT2D eigenvalue weighted by atomic mass is 10.1. The molecule has 0 saturated carbocycles. The van der Waals surface area contributed by atoms with Crippen LogP contribution in [-0.4, -0.2) is 19.6 Å². The van der Waals surface area contributed by atoms with Gasteiger partial charge in [-0.05, 0) is 88.9 Å². The summed E-state index contributed by atoms with van der Waals surface area (Å²) in [4.78, 5) is 12.8. The molecule has 3 aromatic carbocycles. The number of benzene rings is 3. The highest BCUT2D eigenvalue weighted by atomic mass is 79.9. The number of methoxy groups -OCH3 is 1. The van der Waals surface area contributed by atoms with Crippen LogP contribution in [0.15, 0.2) is 69.1 Å². The standard InChI is InChI=1S/C27H24Br2N2O4/c1-4-34-25-14-19(13-22(29)26(25)35-16-18-6-8-21(28)9-7-18)12-20(15-30)27(32)31-23-11-17(2)5-10-24(23)33-3/h5-14H,4,16H2,1-3H3,(H,31,32)/b20-12+. The van der Waals surface area contributed by atoms with Crippen LogP contribution in [0.1, 0.15) is 23.6 Å². The molecule has 0 spiro atoms. The molecule has 0 bridgehead atoms. The molecular formula is C27H24Br2N2O4. The minimum Gasteiger partial charge on any atom is -0.495 e. The van der Waals surface area contributed by atoms with E-state index in [0.29, 0.717) is 46.2 Å². The van der Waals surface area contributed by atoms with E-state index in [9.17, 15) is 10.1 Å². The second kappa shape index (κ2) is 12.4. The van der Waals surface area contributed by atoms with E-state index < -0.39 is 5.91 Å². The molecule has 0 radical (unpaired) electrons. The number of hydrogen-bond acceptors (Lipinski definition) is 5. The fourth-order valence-corrected chi connectivity index (χ4v) is 4.07. The quantitative estimate of drug-likeness (QED) is 0.210. The molecule has 0 aliphatic rings. The number of nitrogens with one attached hydrogen (secondary N) is 1. The highest BCUT2D eigenvalue weighted by Gasteiger charge is 2.16. The van der Waals surface area contributed by atoms with Crippen LogP contribution >= 0.6 is 31.9 Å². The Morgan fingerprint density at radius 2 is 1.80 bits per heavy atom. The first kappa shape index (κ1) is 26.3.